The Labute approximate surface area is 138 Å². The van der Waals surface area contributed by atoms with Gasteiger partial charge in [0.25, 0.3) is 0 Å². The number of rotatable bonds is 1. The van der Waals surface area contributed by atoms with Crippen molar-refractivity contribution in [3.63, 3.8) is 0 Å². The molecule has 4 rings (SSSR count). The van der Waals surface area contributed by atoms with E-state index in [-0.39, 0.29) is 22.7 Å². The van der Waals surface area contributed by atoms with Gasteiger partial charge in [0.05, 0.1) is 0 Å². The summed E-state index contributed by atoms with van der Waals surface area (Å²) in [5.41, 5.74) is 1.14. The van der Waals surface area contributed by atoms with Crippen molar-refractivity contribution in [3.8, 4) is 0 Å². The smallest absolute Gasteiger partial charge is 0.178 e. The van der Waals surface area contributed by atoms with E-state index in [1.54, 1.807) is 6.08 Å². The van der Waals surface area contributed by atoms with Crippen molar-refractivity contribution in [2.75, 3.05) is 7.05 Å². The van der Waals surface area contributed by atoms with Crippen LogP contribution in [0.2, 0.25) is 0 Å². The Kier molecular flexibility index (Phi) is 3.26. The van der Waals surface area contributed by atoms with E-state index in [0.29, 0.717) is 23.5 Å². The maximum absolute atomic E-state index is 12.5. The minimum absolute atomic E-state index is 0.0303. The molecule has 0 bridgehead atoms. The van der Waals surface area contributed by atoms with Crippen LogP contribution < -0.4 is 5.32 Å². The lowest BCUT2D eigenvalue weighted by atomic mass is 9.47. The summed E-state index contributed by atoms with van der Waals surface area (Å²) in [7, 11) is 2.00. The van der Waals surface area contributed by atoms with Crippen LogP contribution in [0, 0.1) is 28.6 Å². The molecular weight excluding hydrogens is 286 g/mol. The molecule has 3 heteroatoms. The highest BCUT2D eigenvalue weighted by atomic mass is 16.1. The van der Waals surface area contributed by atoms with Crippen LogP contribution in [0.1, 0.15) is 46.0 Å². The van der Waals surface area contributed by atoms with E-state index >= 15 is 0 Å². The Morgan fingerprint density at radius 1 is 1.17 bits per heavy atom. The monoisotopic (exact) mass is 313 g/mol. The van der Waals surface area contributed by atoms with Gasteiger partial charge in [-0.05, 0) is 68.2 Å². The zero-order valence-corrected chi connectivity index (χ0v) is 14.4. The third-order valence-electron chi connectivity index (χ3n) is 7.66. The van der Waals surface area contributed by atoms with Gasteiger partial charge in [-0.25, -0.2) is 0 Å². The summed E-state index contributed by atoms with van der Waals surface area (Å²) < 4.78 is 0. The van der Waals surface area contributed by atoms with Crippen molar-refractivity contribution in [2.45, 2.75) is 52.0 Å². The fourth-order valence-electron chi connectivity index (χ4n) is 6.33. The van der Waals surface area contributed by atoms with Gasteiger partial charge in [0, 0.05) is 23.3 Å². The molecule has 1 N–H and O–H groups in total. The molecule has 0 aliphatic heterocycles. The van der Waals surface area contributed by atoms with Crippen LogP contribution in [-0.2, 0) is 9.59 Å². The maximum atomic E-state index is 12.5. The quantitative estimate of drug-likeness (QED) is 0.809. The molecule has 3 fully saturated rings. The zero-order valence-electron chi connectivity index (χ0n) is 14.4. The predicted molar refractivity (Wildman–Crippen MR) is 89.9 cm³/mol. The second kappa shape index (κ2) is 4.89. The summed E-state index contributed by atoms with van der Waals surface area (Å²) in [6.45, 7) is 4.52. The first-order valence-electron chi connectivity index (χ1n) is 9.06. The Morgan fingerprint density at radius 2 is 1.96 bits per heavy atom. The van der Waals surface area contributed by atoms with E-state index in [2.05, 4.69) is 25.2 Å². The molecular formula is C20H27NO2. The second-order valence-corrected chi connectivity index (χ2v) is 8.49. The molecule has 1 unspecified atom stereocenters. The number of fused-ring (bicyclic) bond motifs is 5. The Bertz CT molecular complexity index is 634. The fourth-order valence-corrected chi connectivity index (χ4v) is 6.33. The van der Waals surface area contributed by atoms with Gasteiger partial charge in [-0.15, -0.1) is 0 Å². The van der Waals surface area contributed by atoms with Gasteiger partial charge in [-0.2, -0.15) is 0 Å². The van der Waals surface area contributed by atoms with Crippen molar-refractivity contribution in [1.29, 1.82) is 0 Å². The van der Waals surface area contributed by atoms with Crippen LogP contribution in [0.15, 0.2) is 23.8 Å². The molecule has 0 radical (unpaired) electrons. The first kappa shape index (κ1) is 15.3. The third-order valence-corrected chi connectivity index (χ3v) is 7.66. The molecule has 6 atom stereocenters. The van der Waals surface area contributed by atoms with E-state index in [0.717, 1.165) is 32.1 Å². The third kappa shape index (κ3) is 1.92. The predicted octanol–water partition coefficient (Wildman–Crippen LogP) is 3.06. The van der Waals surface area contributed by atoms with Crippen molar-refractivity contribution < 1.29 is 9.59 Å². The zero-order chi connectivity index (χ0) is 16.4. The maximum Gasteiger partial charge on any atom is 0.178 e. The Hall–Kier alpha value is -1.22. The van der Waals surface area contributed by atoms with Gasteiger partial charge < -0.3 is 5.32 Å². The van der Waals surface area contributed by atoms with Crippen LogP contribution in [0.4, 0.5) is 0 Å². The number of ketones is 2. The lowest BCUT2D eigenvalue weighted by Gasteiger charge is -2.57. The molecule has 3 nitrogen and oxygen atoms in total. The highest BCUT2D eigenvalue weighted by Gasteiger charge is 2.59. The fraction of sp³-hybridized carbons (Fsp3) is 0.700. The largest absolute Gasteiger partial charge is 0.313 e. The summed E-state index contributed by atoms with van der Waals surface area (Å²) in [5, 5.41) is 3.45. The van der Waals surface area contributed by atoms with Crippen LogP contribution in [-0.4, -0.2) is 24.7 Å². The average molecular weight is 313 g/mol. The summed E-state index contributed by atoms with van der Waals surface area (Å²) >= 11 is 0. The van der Waals surface area contributed by atoms with E-state index in [1.807, 2.05) is 13.1 Å². The van der Waals surface area contributed by atoms with Crippen LogP contribution in [0.25, 0.3) is 0 Å². The van der Waals surface area contributed by atoms with Crippen molar-refractivity contribution in [2.24, 2.45) is 28.6 Å². The molecule has 0 aromatic heterocycles. The first-order valence-corrected chi connectivity index (χ1v) is 9.06. The SMILES string of the molecule is CNC1C[C@@H]2[C@H](CC[C@]3(C)C(=O)CC[C@@H]23)[C@@]2(C)C=CC(=O)C=C12. The minimum Gasteiger partial charge on any atom is -0.313 e. The molecule has 0 aromatic rings. The van der Waals surface area contributed by atoms with Crippen molar-refractivity contribution in [3.05, 3.63) is 23.8 Å². The molecule has 0 heterocycles. The van der Waals surface area contributed by atoms with Crippen molar-refractivity contribution >= 4 is 11.6 Å². The molecule has 4 aliphatic rings. The summed E-state index contributed by atoms with van der Waals surface area (Å²) in [6, 6.07) is 0.258. The van der Waals surface area contributed by atoms with Crippen LogP contribution in [0.3, 0.4) is 0 Å². The number of hydrogen-bond donors (Lipinski definition) is 1. The molecule has 0 amide bonds. The van der Waals surface area contributed by atoms with E-state index in [1.165, 1.54) is 5.57 Å². The number of Topliss-reactive ketones (excluding diaryl/α,β-unsaturated/α-hetero) is 1. The van der Waals surface area contributed by atoms with Gasteiger partial charge >= 0.3 is 0 Å². The molecule has 0 aromatic carbocycles. The summed E-state index contributed by atoms with van der Waals surface area (Å²) in [5.74, 6) is 2.27. The first-order chi connectivity index (χ1) is 10.9. The number of carbonyl (C=O) groups excluding carboxylic acids is 2. The molecule has 0 saturated heterocycles. The number of hydrogen-bond acceptors (Lipinski definition) is 3. The molecule has 0 spiro atoms. The van der Waals surface area contributed by atoms with Crippen LogP contribution in [0.5, 0.6) is 0 Å². The molecule has 4 aliphatic carbocycles. The lowest BCUT2D eigenvalue weighted by Crippen LogP contribution is -2.55. The normalized spacial score (nSPS) is 48.6. The highest BCUT2D eigenvalue weighted by Crippen LogP contribution is 2.63. The topological polar surface area (TPSA) is 46.2 Å². The van der Waals surface area contributed by atoms with E-state index in [4.69, 9.17) is 0 Å². The Morgan fingerprint density at radius 3 is 2.70 bits per heavy atom. The van der Waals surface area contributed by atoms with Gasteiger partial charge in [0.15, 0.2) is 5.78 Å². The van der Waals surface area contributed by atoms with Gasteiger partial charge in [-0.1, -0.05) is 19.9 Å². The summed E-state index contributed by atoms with van der Waals surface area (Å²) in [6.07, 6.45) is 10.8. The Balaban J connectivity index is 1.77. The number of likely N-dealkylation sites (N-methyl/N-ethyl adjacent to an activating group) is 1. The van der Waals surface area contributed by atoms with Gasteiger partial charge in [0.1, 0.15) is 5.78 Å². The second-order valence-electron chi connectivity index (χ2n) is 8.49. The molecule has 23 heavy (non-hydrogen) atoms. The minimum atomic E-state index is -0.0920. The van der Waals surface area contributed by atoms with Crippen molar-refractivity contribution in [1.82, 2.24) is 5.32 Å². The highest BCUT2D eigenvalue weighted by molar-refractivity contribution is 6.01. The number of allylic oxidation sites excluding steroid dienone is 3. The summed E-state index contributed by atoms with van der Waals surface area (Å²) in [4.78, 5) is 24.4. The van der Waals surface area contributed by atoms with Crippen LogP contribution >= 0.6 is 0 Å². The van der Waals surface area contributed by atoms with E-state index < -0.39 is 0 Å². The van der Waals surface area contributed by atoms with E-state index in [9.17, 15) is 9.59 Å². The van der Waals surface area contributed by atoms with Gasteiger partial charge in [-0.3, -0.25) is 9.59 Å². The van der Waals surface area contributed by atoms with Gasteiger partial charge in [0.2, 0.25) is 0 Å². The average Bonchev–Trinajstić information content (AvgIpc) is 2.83. The molecule has 124 valence electrons. The number of nitrogens with one attached hydrogen (secondary N) is 1. The molecule has 3 saturated carbocycles. The number of carbonyl (C=O) groups is 2. The standard InChI is InChI=1S/C20H27NO2/c1-19-8-6-12(22)10-16(19)17(21-3)11-13-14-4-5-18(23)20(14,2)9-7-15(13)19/h6,8,10,13-15,17,21H,4-5,7,9,11H2,1-3H3/t13-,14-,15-,17?,19+,20-/m0/s1. The lowest BCUT2D eigenvalue weighted by molar-refractivity contribution is -0.131.